The van der Waals surface area contributed by atoms with Crippen molar-refractivity contribution in [3.05, 3.63) is 40.9 Å². The molecule has 0 fully saturated rings. The Kier molecular flexibility index (Phi) is 6.09. The highest BCUT2D eigenvalue weighted by atomic mass is 35.5. The molecule has 1 atom stereocenters. The van der Waals surface area contributed by atoms with E-state index < -0.39 is 0 Å². The largest absolute Gasteiger partial charge is 0.489 e. The summed E-state index contributed by atoms with van der Waals surface area (Å²) in [6.07, 6.45) is 0. The number of benzene rings is 1. The second-order valence-corrected chi connectivity index (χ2v) is 4.28. The fourth-order valence-electron chi connectivity index (χ4n) is 1.61. The molecule has 0 saturated heterocycles. The van der Waals surface area contributed by atoms with Gasteiger partial charge in [0.05, 0.1) is 0 Å². The molecule has 17 heavy (non-hydrogen) atoms. The number of ether oxygens (including phenoxy) is 1. The van der Waals surface area contributed by atoms with Gasteiger partial charge in [-0.2, -0.15) is 0 Å². The van der Waals surface area contributed by atoms with E-state index in [1.807, 2.05) is 25.1 Å². The zero-order valence-electron chi connectivity index (χ0n) is 10.7. The monoisotopic (exact) mass is 253 g/mol. The first-order chi connectivity index (χ1) is 8.19. The van der Waals surface area contributed by atoms with E-state index >= 15 is 0 Å². The van der Waals surface area contributed by atoms with E-state index in [9.17, 15) is 0 Å². The first-order valence-electron chi connectivity index (χ1n) is 5.90. The smallest absolute Gasteiger partial charge is 0.124 e. The number of hydrogen-bond acceptors (Lipinski definition) is 2. The topological polar surface area (TPSA) is 21.3 Å². The van der Waals surface area contributed by atoms with Gasteiger partial charge in [0.2, 0.25) is 0 Å². The van der Waals surface area contributed by atoms with Crippen LogP contribution >= 0.6 is 11.6 Å². The Hall–Kier alpha value is -0.990. The molecule has 0 aromatic heterocycles. The van der Waals surface area contributed by atoms with Crippen LogP contribution in [0.1, 0.15) is 32.4 Å². The first-order valence-corrected chi connectivity index (χ1v) is 6.33. The van der Waals surface area contributed by atoms with Gasteiger partial charge in [0.25, 0.3) is 0 Å². The van der Waals surface area contributed by atoms with E-state index in [4.69, 9.17) is 16.3 Å². The highest BCUT2D eigenvalue weighted by molar-refractivity contribution is 6.25. The Morgan fingerprint density at radius 3 is 2.82 bits per heavy atom. The third-order valence-corrected chi connectivity index (χ3v) is 2.91. The van der Waals surface area contributed by atoms with Crippen molar-refractivity contribution >= 4 is 11.6 Å². The van der Waals surface area contributed by atoms with Crippen LogP contribution in [0.4, 0.5) is 0 Å². The van der Waals surface area contributed by atoms with E-state index in [1.165, 1.54) is 5.56 Å². The van der Waals surface area contributed by atoms with Crippen LogP contribution in [0.5, 0.6) is 5.75 Å². The van der Waals surface area contributed by atoms with Gasteiger partial charge in [-0.3, -0.25) is 0 Å². The summed E-state index contributed by atoms with van der Waals surface area (Å²) >= 11 is 5.62. The SMILES string of the molecule is CCNC(C)c1ccccc1OC/C(C)=C/Cl. The summed E-state index contributed by atoms with van der Waals surface area (Å²) in [5, 5.41) is 3.38. The third-order valence-electron chi connectivity index (χ3n) is 2.54. The van der Waals surface area contributed by atoms with E-state index in [0.29, 0.717) is 6.61 Å². The molecule has 0 bridgehead atoms. The average molecular weight is 254 g/mol. The van der Waals surface area contributed by atoms with Crippen LogP contribution in [0.15, 0.2) is 35.4 Å². The molecule has 1 rings (SSSR count). The van der Waals surface area contributed by atoms with Gasteiger partial charge in [0.15, 0.2) is 0 Å². The minimum atomic E-state index is 0.288. The number of nitrogens with one attached hydrogen (secondary N) is 1. The second kappa shape index (κ2) is 7.36. The summed E-state index contributed by atoms with van der Waals surface area (Å²) in [4.78, 5) is 0. The van der Waals surface area contributed by atoms with Crippen molar-refractivity contribution in [2.45, 2.75) is 26.8 Å². The standard InChI is InChI=1S/C14H20ClNO/c1-4-16-12(3)13-7-5-6-8-14(13)17-10-11(2)9-15/h5-9,12,16H,4,10H2,1-3H3/b11-9+. The van der Waals surface area contributed by atoms with Crippen molar-refractivity contribution in [3.63, 3.8) is 0 Å². The molecule has 1 unspecified atom stereocenters. The van der Waals surface area contributed by atoms with Gasteiger partial charge in [-0.05, 0) is 32.0 Å². The summed E-state index contributed by atoms with van der Waals surface area (Å²) in [5.41, 5.74) is 3.74. The van der Waals surface area contributed by atoms with Crippen LogP contribution in [0.3, 0.4) is 0 Å². The molecule has 0 heterocycles. The van der Waals surface area contributed by atoms with Gasteiger partial charge in [0, 0.05) is 17.1 Å². The molecule has 0 amide bonds. The molecule has 1 aromatic rings. The molecule has 1 aromatic carbocycles. The van der Waals surface area contributed by atoms with Gasteiger partial charge in [-0.1, -0.05) is 36.7 Å². The Balaban J connectivity index is 2.77. The van der Waals surface area contributed by atoms with Crippen LogP contribution in [0.2, 0.25) is 0 Å². The lowest BCUT2D eigenvalue weighted by molar-refractivity contribution is 0.344. The zero-order chi connectivity index (χ0) is 12.7. The lowest BCUT2D eigenvalue weighted by atomic mass is 10.1. The number of para-hydroxylation sites is 1. The molecule has 1 N–H and O–H groups in total. The van der Waals surface area contributed by atoms with E-state index in [-0.39, 0.29) is 6.04 Å². The van der Waals surface area contributed by atoms with Gasteiger partial charge in [-0.15, -0.1) is 0 Å². The molecule has 0 spiro atoms. The Labute approximate surface area is 109 Å². The first kappa shape index (κ1) is 14.1. The number of halogens is 1. The van der Waals surface area contributed by atoms with Gasteiger partial charge in [-0.25, -0.2) is 0 Å². The van der Waals surface area contributed by atoms with Crippen molar-refractivity contribution in [2.24, 2.45) is 0 Å². The molecule has 0 aliphatic rings. The minimum Gasteiger partial charge on any atom is -0.489 e. The van der Waals surface area contributed by atoms with Gasteiger partial charge >= 0.3 is 0 Å². The Morgan fingerprint density at radius 2 is 2.18 bits per heavy atom. The summed E-state index contributed by atoms with van der Waals surface area (Å²) in [6.45, 7) is 7.65. The lowest BCUT2D eigenvalue weighted by Crippen LogP contribution is -2.18. The molecule has 2 nitrogen and oxygen atoms in total. The summed E-state index contributed by atoms with van der Waals surface area (Å²) in [7, 11) is 0. The molecule has 0 saturated carbocycles. The molecular formula is C14H20ClNO. The van der Waals surface area contributed by atoms with Crippen molar-refractivity contribution in [2.75, 3.05) is 13.2 Å². The normalized spacial score (nSPS) is 13.5. The van der Waals surface area contributed by atoms with Crippen molar-refractivity contribution in [3.8, 4) is 5.75 Å². The molecule has 0 aliphatic heterocycles. The molecule has 3 heteroatoms. The third kappa shape index (κ3) is 4.41. The maximum Gasteiger partial charge on any atom is 0.124 e. The second-order valence-electron chi connectivity index (χ2n) is 4.06. The van der Waals surface area contributed by atoms with Crippen LogP contribution in [-0.2, 0) is 0 Å². The predicted molar refractivity (Wildman–Crippen MR) is 73.6 cm³/mol. The van der Waals surface area contributed by atoms with Crippen LogP contribution < -0.4 is 10.1 Å². The molecule has 0 aliphatic carbocycles. The Bertz CT molecular complexity index is 376. The van der Waals surface area contributed by atoms with Crippen molar-refractivity contribution < 1.29 is 4.74 Å². The predicted octanol–water partition coefficient (Wildman–Crippen LogP) is 3.88. The van der Waals surface area contributed by atoms with Gasteiger partial charge in [0.1, 0.15) is 12.4 Å². The highest BCUT2D eigenvalue weighted by Crippen LogP contribution is 2.25. The van der Waals surface area contributed by atoms with E-state index in [0.717, 1.165) is 17.9 Å². The number of hydrogen-bond donors (Lipinski definition) is 1. The zero-order valence-corrected chi connectivity index (χ0v) is 11.4. The maximum atomic E-state index is 5.76. The molecule has 0 radical (unpaired) electrons. The maximum absolute atomic E-state index is 5.76. The van der Waals surface area contributed by atoms with Gasteiger partial charge < -0.3 is 10.1 Å². The quantitative estimate of drug-likeness (QED) is 0.831. The lowest BCUT2D eigenvalue weighted by Gasteiger charge is -2.17. The van der Waals surface area contributed by atoms with Crippen LogP contribution in [0.25, 0.3) is 0 Å². The number of rotatable bonds is 6. The van der Waals surface area contributed by atoms with Crippen LogP contribution in [-0.4, -0.2) is 13.2 Å². The van der Waals surface area contributed by atoms with Crippen molar-refractivity contribution in [1.82, 2.24) is 5.32 Å². The fourth-order valence-corrected chi connectivity index (χ4v) is 1.67. The summed E-state index contributed by atoms with van der Waals surface area (Å²) < 4.78 is 5.76. The van der Waals surface area contributed by atoms with Crippen molar-refractivity contribution in [1.29, 1.82) is 0 Å². The van der Waals surface area contributed by atoms with E-state index in [2.05, 4.69) is 25.2 Å². The highest BCUT2D eigenvalue weighted by Gasteiger charge is 2.09. The minimum absolute atomic E-state index is 0.288. The summed E-state index contributed by atoms with van der Waals surface area (Å²) in [5.74, 6) is 0.916. The molecule has 94 valence electrons. The van der Waals surface area contributed by atoms with E-state index in [1.54, 1.807) is 5.54 Å². The summed E-state index contributed by atoms with van der Waals surface area (Å²) in [6, 6.07) is 8.38. The molecular weight excluding hydrogens is 234 g/mol. The average Bonchev–Trinajstić information content (AvgIpc) is 2.36. The van der Waals surface area contributed by atoms with Crippen LogP contribution in [0, 0.1) is 0 Å². The fraction of sp³-hybridized carbons (Fsp3) is 0.429. The Morgan fingerprint density at radius 1 is 1.47 bits per heavy atom.